The molecule has 0 aliphatic heterocycles. The van der Waals surface area contributed by atoms with E-state index in [1.54, 1.807) is 7.11 Å². The number of hydrogen-bond donors (Lipinski definition) is 3. The van der Waals surface area contributed by atoms with Crippen LogP contribution in [-0.4, -0.2) is 45.1 Å². The lowest BCUT2D eigenvalue weighted by Gasteiger charge is -2.25. The fourth-order valence-electron chi connectivity index (χ4n) is 3.15. The molecule has 0 radical (unpaired) electrons. The molecule has 0 fully saturated rings. The third-order valence-electron chi connectivity index (χ3n) is 4.76. The largest absolute Gasteiger partial charge is 0.497 e. The third kappa shape index (κ3) is 8.90. The van der Waals surface area contributed by atoms with Crippen molar-refractivity contribution in [3.63, 3.8) is 0 Å². The number of rotatable bonds is 13. The lowest BCUT2D eigenvalue weighted by Crippen LogP contribution is -2.49. The van der Waals surface area contributed by atoms with Crippen molar-refractivity contribution in [2.75, 3.05) is 19.4 Å². The molecule has 172 valence electrons. The second-order valence-corrected chi connectivity index (χ2v) is 9.30. The topological polar surface area (TPSA) is 87.7 Å². The van der Waals surface area contributed by atoms with Gasteiger partial charge in [0, 0.05) is 19.2 Å². The van der Waals surface area contributed by atoms with Gasteiger partial charge in [0.1, 0.15) is 17.4 Å². The molecule has 0 spiro atoms. The highest BCUT2D eigenvalue weighted by Gasteiger charge is 2.25. The highest BCUT2D eigenvalue weighted by molar-refractivity contribution is 7.89. The molecule has 0 saturated heterocycles. The van der Waals surface area contributed by atoms with Crippen molar-refractivity contribution in [3.05, 3.63) is 65.2 Å². The first-order chi connectivity index (χ1) is 14.7. The van der Waals surface area contributed by atoms with E-state index in [0.29, 0.717) is 25.1 Å². The summed E-state index contributed by atoms with van der Waals surface area (Å²) in [6.45, 7) is 2.38. The van der Waals surface area contributed by atoms with Crippen molar-refractivity contribution in [2.24, 2.45) is 0 Å². The lowest BCUT2D eigenvalue weighted by atomic mass is 10.0. The van der Waals surface area contributed by atoms with Crippen LogP contribution >= 0.6 is 0 Å². The average molecular weight is 457 g/mol. The Kier molecular flexibility index (Phi) is 9.83. The number of nitrogens with one attached hydrogen (secondary N) is 2. The van der Waals surface area contributed by atoms with Crippen LogP contribution in [0, 0.1) is 11.6 Å². The van der Waals surface area contributed by atoms with Crippen LogP contribution in [0.2, 0.25) is 0 Å². The maximum absolute atomic E-state index is 13.6. The van der Waals surface area contributed by atoms with Gasteiger partial charge in [-0.15, -0.1) is 0 Å². The first-order valence-electron chi connectivity index (χ1n) is 10.2. The number of aliphatic hydroxyl groups is 1. The van der Waals surface area contributed by atoms with Crippen molar-refractivity contribution in [3.8, 4) is 5.75 Å². The van der Waals surface area contributed by atoms with Gasteiger partial charge in [-0.2, -0.15) is 0 Å². The number of hydrogen-bond acceptors (Lipinski definition) is 5. The van der Waals surface area contributed by atoms with E-state index in [2.05, 4.69) is 10.0 Å². The fraction of sp³-hybridized carbons (Fsp3) is 0.455. The summed E-state index contributed by atoms with van der Waals surface area (Å²) in [6.07, 6.45) is 0.00197. The fourth-order valence-corrected chi connectivity index (χ4v) is 4.64. The van der Waals surface area contributed by atoms with Crippen LogP contribution in [0.15, 0.2) is 42.5 Å². The van der Waals surface area contributed by atoms with Crippen LogP contribution in [0.5, 0.6) is 5.75 Å². The predicted molar refractivity (Wildman–Crippen MR) is 116 cm³/mol. The molecule has 0 saturated carbocycles. The van der Waals surface area contributed by atoms with Gasteiger partial charge in [-0.3, -0.25) is 0 Å². The number of unbranched alkanes of at least 4 members (excludes halogenated alkanes) is 1. The van der Waals surface area contributed by atoms with Crippen molar-refractivity contribution in [1.82, 2.24) is 10.0 Å². The molecule has 3 N–H and O–H groups in total. The second-order valence-electron chi connectivity index (χ2n) is 7.43. The Morgan fingerprint density at radius 2 is 1.81 bits per heavy atom. The van der Waals surface area contributed by atoms with Crippen LogP contribution in [0.3, 0.4) is 0 Å². The van der Waals surface area contributed by atoms with Gasteiger partial charge in [0.15, 0.2) is 0 Å². The number of halogens is 2. The summed E-state index contributed by atoms with van der Waals surface area (Å²) in [5.41, 5.74) is 1.19. The summed E-state index contributed by atoms with van der Waals surface area (Å²) in [5.74, 6) is -0.891. The average Bonchev–Trinajstić information content (AvgIpc) is 2.71. The number of ether oxygens (including phenoxy) is 1. The SMILES string of the molecule is CCCCS(=O)(=O)N[C@H](Cc1cc(F)cc(F)c1)[C@@H](O)CNCc1cccc(OC)c1. The minimum atomic E-state index is -3.66. The van der Waals surface area contributed by atoms with Gasteiger partial charge in [0.2, 0.25) is 10.0 Å². The van der Waals surface area contributed by atoms with E-state index in [4.69, 9.17) is 4.74 Å². The molecular formula is C22H30F2N2O4S. The minimum absolute atomic E-state index is 0.0535. The first kappa shape index (κ1) is 25.2. The summed E-state index contributed by atoms with van der Waals surface area (Å²) in [4.78, 5) is 0. The maximum atomic E-state index is 13.6. The zero-order chi connectivity index (χ0) is 22.9. The number of methoxy groups -OCH3 is 1. The van der Waals surface area contributed by atoms with Gasteiger partial charge in [0.05, 0.1) is 25.0 Å². The molecule has 0 aliphatic rings. The van der Waals surface area contributed by atoms with Gasteiger partial charge in [-0.1, -0.05) is 25.5 Å². The lowest BCUT2D eigenvalue weighted by molar-refractivity contribution is 0.134. The summed E-state index contributed by atoms with van der Waals surface area (Å²) < 4.78 is 59.6. The van der Waals surface area contributed by atoms with Crippen LogP contribution in [0.25, 0.3) is 0 Å². The molecule has 2 atom stereocenters. The molecule has 2 aromatic rings. The monoisotopic (exact) mass is 456 g/mol. The standard InChI is InChI=1S/C22H30F2N2O4S/c1-3-4-8-31(28,29)26-21(12-17-9-18(23)13-19(24)10-17)22(27)15-25-14-16-6-5-7-20(11-16)30-2/h5-7,9-11,13,21-22,25-27H,3-4,8,12,14-15H2,1-2H3/t21-,22+/m1/s1. The highest BCUT2D eigenvalue weighted by Crippen LogP contribution is 2.14. The molecule has 31 heavy (non-hydrogen) atoms. The maximum Gasteiger partial charge on any atom is 0.211 e. The Morgan fingerprint density at radius 1 is 1.10 bits per heavy atom. The van der Waals surface area contributed by atoms with E-state index in [0.717, 1.165) is 23.8 Å². The second kappa shape index (κ2) is 12.1. The van der Waals surface area contributed by atoms with Crippen molar-refractivity contribution >= 4 is 10.0 Å². The van der Waals surface area contributed by atoms with Gasteiger partial charge in [-0.25, -0.2) is 21.9 Å². The van der Waals surface area contributed by atoms with E-state index in [1.807, 2.05) is 31.2 Å². The van der Waals surface area contributed by atoms with Crippen molar-refractivity contribution in [2.45, 2.75) is 44.9 Å². The summed E-state index contributed by atoms with van der Waals surface area (Å²) in [6, 6.07) is 9.46. The summed E-state index contributed by atoms with van der Waals surface area (Å²) >= 11 is 0. The predicted octanol–water partition coefficient (Wildman–Crippen LogP) is 2.75. The molecule has 0 bridgehead atoms. The molecule has 0 aromatic heterocycles. The summed E-state index contributed by atoms with van der Waals surface area (Å²) in [5, 5.41) is 13.8. The number of sulfonamides is 1. The Hall–Kier alpha value is -2.07. The number of aliphatic hydroxyl groups excluding tert-OH is 1. The Labute approximate surface area is 182 Å². The van der Waals surface area contributed by atoms with E-state index in [-0.39, 0.29) is 24.3 Å². The molecule has 0 amide bonds. The molecule has 0 heterocycles. The smallest absolute Gasteiger partial charge is 0.211 e. The van der Waals surface area contributed by atoms with E-state index in [1.165, 1.54) is 0 Å². The van der Waals surface area contributed by atoms with Gasteiger partial charge in [-0.05, 0) is 48.2 Å². The van der Waals surface area contributed by atoms with E-state index >= 15 is 0 Å². The molecule has 6 nitrogen and oxygen atoms in total. The molecule has 0 aliphatic carbocycles. The zero-order valence-corrected chi connectivity index (χ0v) is 18.6. The summed E-state index contributed by atoms with van der Waals surface area (Å²) in [7, 11) is -2.09. The molecule has 2 aromatic carbocycles. The van der Waals surface area contributed by atoms with Gasteiger partial charge < -0.3 is 15.2 Å². The zero-order valence-electron chi connectivity index (χ0n) is 17.8. The van der Waals surface area contributed by atoms with Gasteiger partial charge >= 0.3 is 0 Å². The molecule has 9 heteroatoms. The van der Waals surface area contributed by atoms with E-state index < -0.39 is 33.8 Å². The normalized spacial score (nSPS) is 13.7. The molecular weight excluding hydrogens is 426 g/mol. The molecule has 0 unspecified atom stereocenters. The Balaban J connectivity index is 2.07. The first-order valence-corrected chi connectivity index (χ1v) is 11.8. The van der Waals surface area contributed by atoms with Crippen molar-refractivity contribution in [1.29, 1.82) is 0 Å². The van der Waals surface area contributed by atoms with Crippen LogP contribution in [0.4, 0.5) is 8.78 Å². The highest BCUT2D eigenvalue weighted by atomic mass is 32.2. The number of benzene rings is 2. The van der Waals surface area contributed by atoms with Gasteiger partial charge in [0.25, 0.3) is 0 Å². The van der Waals surface area contributed by atoms with Crippen LogP contribution in [0.1, 0.15) is 30.9 Å². The van der Waals surface area contributed by atoms with Crippen molar-refractivity contribution < 1.29 is 27.0 Å². The Bertz CT molecular complexity index is 921. The minimum Gasteiger partial charge on any atom is -0.497 e. The molecule has 2 rings (SSSR count). The quantitative estimate of drug-likeness (QED) is 0.432. The van der Waals surface area contributed by atoms with Crippen LogP contribution in [-0.2, 0) is 23.0 Å². The third-order valence-corrected chi connectivity index (χ3v) is 6.24. The van der Waals surface area contributed by atoms with Crippen LogP contribution < -0.4 is 14.8 Å². The van der Waals surface area contributed by atoms with E-state index in [9.17, 15) is 22.3 Å². The Morgan fingerprint density at radius 3 is 2.45 bits per heavy atom.